The molecule has 1 aliphatic rings. The second kappa shape index (κ2) is 20.4. The molecule has 0 aliphatic carbocycles. The van der Waals surface area contributed by atoms with Crippen molar-refractivity contribution < 1.29 is 71.5 Å². The maximum absolute atomic E-state index is 14.5. The molecular weight excluding hydrogens is 1100 g/mol. The van der Waals surface area contributed by atoms with Crippen LogP contribution in [0.4, 0.5) is 52.7 Å². The van der Waals surface area contributed by atoms with Gasteiger partial charge < -0.3 is 27.9 Å². The zero-order valence-electron chi connectivity index (χ0n) is 40.3. The van der Waals surface area contributed by atoms with Crippen LogP contribution in [0, 0.1) is 34.9 Å². The number of alkyl halides is 6. The van der Waals surface area contributed by atoms with Gasteiger partial charge in [0.15, 0.2) is 0 Å². The maximum Gasteiger partial charge on any atom is 0.495 e. The Morgan fingerprint density at radius 1 is 0.566 bits per heavy atom. The second-order valence-electron chi connectivity index (χ2n) is 18.3. The Morgan fingerprint density at radius 3 is 1.34 bits per heavy atom. The zero-order chi connectivity index (χ0) is 55.6. The molecule has 2 atom stereocenters. The van der Waals surface area contributed by atoms with Crippen molar-refractivity contribution in [2.75, 3.05) is 0 Å². The normalized spacial score (nSPS) is 15.1. The molecule has 8 aromatic rings. The predicted octanol–water partition coefficient (Wildman–Crippen LogP) is 13.5. The third-order valence-electron chi connectivity index (χ3n) is 12.9. The summed E-state index contributed by atoms with van der Waals surface area (Å²) in [5.41, 5.74) is -6.23. The summed E-state index contributed by atoms with van der Waals surface area (Å²) in [6.45, 7) is 9.72. The zero-order valence-corrected chi connectivity index (χ0v) is 41.9. The van der Waals surface area contributed by atoms with Crippen molar-refractivity contribution >= 4 is 50.3 Å². The first-order valence-corrected chi connectivity index (χ1v) is 23.3. The monoisotopic (exact) mass is 1130 g/mol. The SMILES string of the molecule is C[C@H](c1c(F)cc(F)cc1F)n1cnc(=O)c2cc(Oc3cccc(B4OC(C)(C)C(C)(C)O4)c3C(F)(F)F)ccc21.C[C@H](c1c(F)cc(F)cc1F)n1cnc(=O)c2cc(Oc3cccc(Br)c3C(F)(F)F)ccc21. The number of rotatable bonds is 9. The number of hydrogen-bond donors (Lipinski definition) is 0. The lowest BCUT2D eigenvalue weighted by molar-refractivity contribution is -0.139. The number of benzene rings is 6. The van der Waals surface area contributed by atoms with Gasteiger partial charge in [0.1, 0.15) is 63.5 Å². The Kier molecular flexibility index (Phi) is 14.8. The summed E-state index contributed by atoms with van der Waals surface area (Å²) in [4.78, 5) is 32.5. The van der Waals surface area contributed by atoms with Crippen LogP contribution in [0.3, 0.4) is 0 Å². The van der Waals surface area contributed by atoms with Crippen LogP contribution in [-0.4, -0.2) is 37.4 Å². The Hall–Kier alpha value is -7.18. The molecular formula is C52H38BBrF12N4O6. The summed E-state index contributed by atoms with van der Waals surface area (Å²) in [5.74, 6) is -7.93. The molecule has 0 bridgehead atoms. The van der Waals surface area contributed by atoms with Gasteiger partial charge in [0.2, 0.25) is 0 Å². The van der Waals surface area contributed by atoms with Crippen molar-refractivity contribution in [3.63, 3.8) is 0 Å². The Balaban J connectivity index is 0.000000206. The maximum atomic E-state index is 14.5. The molecule has 2 aromatic heterocycles. The van der Waals surface area contributed by atoms with Gasteiger partial charge in [-0.3, -0.25) is 9.59 Å². The second-order valence-corrected chi connectivity index (χ2v) is 19.2. The van der Waals surface area contributed by atoms with E-state index in [2.05, 4.69) is 25.9 Å². The van der Waals surface area contributed by atoms with E-state index in [4.69, 9.17) is 18.8 Å². The van der Waals surface area contributed by atoms with Crippen molar-refractivity contribution in [1.82, 2.24) is 19.1 Å². The van der Waals surface area contributed by atoms with Crippen LogP contribution < -0.4 is 26.1 Å². The molecule has 0 radical (unpaired) electrons. The minimum Gasteiger partial charge on any atom is -0.457 e. The lowest BCUT2D eigenvalue weighted by Crippen LogP contribution is -2.41. The van der Waals surface area contributed by atoms with Gasteiger partial charge in [-0.2, -0.15) is 36.3 Å². The van der Waals surface area contributed by atoms with Crippen LogP contribution in [0.5, 0.6) is 23.0 Å². The van der Waals surface area contributed by atoms with E-state index < -0.39 is 123 Å². The first kappa shape index (κ1) is 55.1. The lowest BCUT2D eigenvalue weighted by Gasteiger charge is -2.32. The molecule has 76 heavy (non-hydrogen) atoms. The fraction of sp³-hybridized carbons (Fsp3) is 0.231. The van der Waals surface area contributed by atoms with Crippen LogP contribution in [0.2, 0.25) is 0 Å². The minimum atomic E-state index is -4.86. The molecule has 0 amide bonds. The van der Waals surface area contributed by atoms with E-state index in [9.17, 15) is 62.3 Å². The molecule has 0 N–H and O–H groups in total. The fourth-order valence-corrected chi connectivity index (χ4v) is 9.04. The van der Waals surface area contributed by atoms with E-state index in [1.807, 2.05) is 0 Å². The summed E-state index contributed by atoms with van der Waals surface area (Å²) < 4.78 is 193. The molecule has 9 rings (SSSR count). The molecule has 0 saturated carbocycles. The average molecular weight is 1130 g/mol. The smallest absolute Gasteiger partial charge is 0.457 e. The van der Waals surface area contributed by atoms with Gasteiger partial charge >= 0.3 is 19.5 Å². The van der Waals surface area contributed by atoms with E-state index in [1.54, 1.807) is 27.7 Å². The third kappa shape index (κ3) is 10.8. The largest absolute Gasteiger partial charge is 0.495 e. The van der Waals surface area contributed by atoms with Gasteiger partial charge in [-0.25, -0.2) is 26.3 Å². The summed E-state index contributed by atoms with van der Waals surface area (Å²) in [6.07, 6.45) is -7.42. The van der Waals surface area contributed by atoms with Gasteiger partial charge in [0.25, 0.3) is 11.1 Å². The molecule has 10 nitrogen and oxygen atoms in total. The van der Waals surface area contributed by atoms with E-state index >= 15 is 0 Å². The molecule has 1 aliphatic heterocycles. The summed E-state index contributed by atoms with van der Waals surface area (Å²) in [5, 5.41) is -0.140. The Bertz CT molecular complexity index is 3640. The predicted molar refractivity (Wildman–Crippen MR) is 259 cm³/mol. The first-order chi connectivity index (χ1) is 35.5. The molecule has 0 unspecified atom stereocenters. The summed E-state index contributed by atoms with van der Waals surface area (Å²) in [7, 11) is -1.32. The van der Waals surface area contributed by atoms with Crippen LogP contribution in [-0.2, 0) is 21.7 Å². The summed E-state index contributed by atoms with van der Waals surface area (Å²) >= 11 is 2.86. The number of hydrogen-bond acceptors (Lipinski definition) is 8. The van der Waals surface area contributed by atoms with Crippen molar-refractivity contribution in [2.24, 2.45) is 0 Å². The van der Waals surface area contributed by atoms with Crippen molar-refractivity contribution in [2.45, 2.75) is 77.2 Å². The standard InChI is InChI=1S/C29H25BF6N2O4.C23H13BrF6N2O2/c1-15(24-20(32)11-16(31)12-21(24)33)38-14-37-26(39)18-13-17(9-10-22(18)38)40-23-8-6-7-19(25(23)29(34,35)36)30-41-27(2,3)28(4,5)42-30;1-11(20-16(26)7-12(25)8-17(20)27)32-10-31-22(33)14-9-13(5-6-18(14)32)34-19-4-2-3-15(24)21(19)23(28,29)30/h6-15H,1-5H3;2-11H,1H3/t15-;11-/m11/s1. The van der Waals surface area contributed by atoms with Crippen LogP contribution in [0.15, 0.2) is 124 Å². The number of halogens is 13. The van der Waals surface area contributed by atoms with Crippen molar-refractivity contribution in [3.8, 4) is 23.0 Å². The Labute approximate surface area is 431 Å². The molecule has 3 heterocycles. The highest BCUT2D eigenvalue weighted by molar-refractivity contribution is 9.10. The van der Waals surface area contributed by atoms with Gasteiger partial charge in [-0.05, 0) is 102 Å². The highest BCUT2D eigenvalue weighted by Crippen LogP contribution is 2.44. The highest BCUT2D eigenvalue weighted by Gasteiger charge is 2.54. The molecule has 6 aromatic carbocycles. The van der Waals surface area contributed by atoms with Gasteiger partial charge in [-0.1, -0.05) is 34.1 Å². The topological polar surface area (TPSA) is 107 Å². The molecule has 396 valence electrons. The third-order valence-corrected chi connectivity index (χ3v) is 13.5. The quantitative estimate of drug-likeness (QED) is 0.104. The van der Waals surface area contributed by atoms with Crippen LogP contribution in [0.25, 0.3) is 21.8 Å². The lowest BCUT2D eigenvalue weighted by atomic mass is 9.75. The average Bonchev–Trinajstić information content (AvgIpc) is 3.53. The van der Waals surface area contributed by atoms with E-state index in [0.717, 1.165) is 24.8 Å². The van der Waals surface area contributed by atoms with E-state index in [1.165, 1.54) is 83.6 Å². The van der Waals surface area contributed by atoms with Crippen LogP contribution >= 0.6 is 15.9 Å². The highest BCUT2D eigenvalue weighted by atomic mass is 79.9. The van der Waals surface area contributed by atoms with Gasteiger partial charge in [0, 0.05) is 39.9 Å². The van der Waals surface area contributed by atoms with Gasteiger partial charge in [0.05, 0.1) is 63.3 Å². The van der Waals surface area contributed by atoms with Crippen LogP contribution in [0.1, 0.15) is 75.9 Å². The number of aromatic nitrogens is 4. The molecule has 0 spiro atoms. The summed E-state index contributed by atoms with van der Waals surface area (Å²) in [6, 6.07) is 15.2. The number of nitrogens with zero attached hydrogens (tertiary/aromatic N) is 4. The van der Waals surface area contributed by atoms with Gasteiger partial charge in [-0.15, -0.1) is 0 Å². The molecule has 24 heteroatoms. The van der Waals surface area contributed by atoms with Crippen molar-refractivity contribution in [1.29, 1.82) is 0 Å². The number of ether oxygens (including phenoxy) is 2. The number of fused-ring (bicyclic) bond motifs is 2. The minimum absolute atomic E-state index is 0.0571. The fourth-order valence-electron chi connectivity index (χ4n) is 8.46. The van der Waals surface area contributed by atoms with E-state index in [0.29, 0.717) is 24.3 Å². The molecule has 1 fully saturated rings. The first-order valence-electron chi connectivity index (χ1n) is 22.5. The van der Waals surface area contributed by atoms with E-state index in [-0.39, 0.29) is 43.2 Å². The van der Waals surface area contributed by atoms with Crippen molar-refractivity contribution in [3.05, 3.63) is 192 Å². The Morgan fingerprint density at radius 2 is 0.947 bits per heavy atom. The molecule has 1 saturated heterocycles.